The van der Waals surface area contributed by atoms with Crippen molar-refractivity contribution >= 4 is 12.4 Å². The lowest BCUT2D eigenvalue weighted by molar-refractivity contribution is 0.0535. The van der Waals surface area contributed by atoms with E-state index in [0.717, 1.165) is 0 Å². The van der Waals surface area contributed by atoms with Crippen LogP contribution in [0.5, 0.6) is 0 Å². The largest absolute Gasteiger partial charge is 0.444 e. The number of pyridine rings is 1. The molecular formula is C14H16N2O3. The zero-order chi connectivity index (χ0) is 14.3. The van der Waals surface area contributed by atoms with Crippen LogP contribution in [0.15, 0.2) is 18.3 Å². The molecule has 0 atom stereocenters. The second-order valence-corrected chi connectivity index (χ2v) is 4.75. The predicted molar refractivity (Wildman–Crippen MR) is 70.7 cm³/mol. The van der Waals surface area contributed by atoms with Gasteiger partial charge in [-0.15, -0.1) is 0 Å². The van der Waals surface area contributed by atoms with Crippen molar-refractivity contribution in [3.05, 3.63) is 29.6 Å². The average Bonchev–Trinajstić information content (AvgIpc) is 2.33. The highest BCUT2D eigenvalue weighted by Crippen LogP contribution is 2.05. The van der Waals surface area contributed by atoms with E-state index in [2.05, 4.69) is 22.1 Å². The number of nitrogens with zero attached hydrogens (tertiary/aromatic N) is 1. The molecule has 0 radical (unpaired) electrons. The fourth-order valence-corrected chi connectivity index (χ4v) is 1.13. The van der Waals surface area contributed by atoms with Crippen molar-refractivity contribution in [3.8, 4) is 11.8 Å². The zero-order valence-corrected chi connectivity index (χ0v) is 11.2. The maximum Gasteiger partial charge on any atom is 0.408 e. The van der Waals surface area contributed by atoms with Crippen molar-refractivity contribution in [3.63, 3.8) is 0 Å². The van der Waals surface area contributed by atoms with Crippen molar-refractivity contribution < 1.29 is 14.3 Å². The summed E-state index contributed by atoms with van der Waals surface area (Å²) in [7, 11) is 0. The molecule has 1 N–H and O–H groups in total. The minimum Gasteiger partial charge on any atom is -0.444 e. The SMILES string of the molecule is CC(C)(C)OC(=O)NCC#Cc1ccc(C=O)nc1. The third kappa shape index (κ3) is 6.22. The van der Waals surface area contributed by atoms with Gasteiger partial charge in [-0.2, -0.15) is 0 Å². The van der Waals surface area contributed by atoms with Gasteiger partial charge in [-0.3, -0.25) is 9.78 Å². The summed E-state index contributed by atoms with van der Waals surface area (Å²) in [6, 6.07) is 3.27. The number of hydrogen-bond acceptors (Lipinski definition) is 4. The molecular weight excluding hydrogens is 244 g/mol. The molecule has 0 aliphatic carbocycles. The van der Waals surface area contributed by atoms with Crippen molar-refractivity contribution in [2.45, 2.75) is 26.4 Å². The molecule has 100 valence electrons. The summed E-state index contributed by atoms with van der Waals surface area (Å²) in [5, 5.41) is 2.52. The lowest BCUT2D eigenvalue weighted by atomic mass is 10.2. The molecule has 19 heavy (non-hydrogen) atoms. The number of hydrogen-bond donors (Lipinski definition) is 1. The number of carbonyl (C=O) groups is 2. The second-order valence-electron chi connectivity index (χ2n) is 4.75. The Balaban J connectivity index is 2.42. The molecule has 1 aromatic rings. The average molecular weight is 260 g/mol. The maximum atomic E-state index is 11.3. The zero-order valence-electron chi connectivity index (χ0n) is 11.2. The van der Waals surface area contributed by atoms with Gasteiger partial charge >= 0.3 is 6.09 Å². The highest BCUT2D eigenvalue weighted by Gasteiger charge is 2.14. The van der Waals surface area contributed by atoms with Gasteiger partial charge in [-0.1, -0.05) is 11.8 Å². The number of ether oxygens (including phenoxy) is 1. The molecule has 0 unspecified atom stereocenters. The number of aromatic nitrogens is 1. The monoisotopic (exact) mass is 260 g/mol. The molecule has 1 aromatic heterocycles. The molecule has 5 nitrogen and oxygen atoms in total. The van der Waals surface area contributed by atoms with E-state index in [1.807, 2.05) is 0 Å². The van der Waals surface area contributed by atoms with E-state index in [1.54, 1.807) is 32.9 Å². The first kappa shape index (κ1) is 14.7. The van der Waals surface area contributed by atoms with Crippen LogP contribution in [0.4, 0.5) is 4.79 Å². The number of alkyl carbamates (subject to hydrolysis) is 1. The molecule has 0 aliphatic heterocycles. The minimum absolute atomic E-state index is 0.185. The molecule has 0 bridgehead atoms. The van der Waals surface area contributed by atoms with Crippen LogP contribution in [0, 0.1) is 11.8 Å². The van der Waals surface area contributed by atoms with E-state index in [0.29, 0.717) is 17.5 Å². The minimum atomic E-state index is -0.522. The first-order valence-electron chi connectivity index (χ1n) is 5.78. The van der Waals surface area contributed by atoms with E-state index in [-0.39, 0.29) is 6.54 Å². The number of amides is 1. The third-order valence-corrected chi connectivity index (χ3v) is 1.86. The summed E-state index contributed by atoms with van der Waals surface area (Å²) in [4.78, 5) is 25.6. The fraction of sp³-hybridized carbons (Fsp3) is 0.357. The molecule has 1 heterocycles. The van der Waals surface area contributed by atoms with E-state index in [1.165, 1.54) is 6.20 Å². The molecule has 1 amide bonds. The van der Waals surface area contributed by atoms with Gasteiger partial charge in [0.15, 0.2) is 6.29 Å². The Bertz CT molecular complexity index is 504. The highest BCUT2D eigenvalue weighted by atomic mass is 16.6. The Hall–Kier alpha value is -2.35. The standard InChI is InChI=1S/C14H16N2O3/c1-14(2,3)19-13(18)15-8-4-5-11-6-7-12(10-17)16-9-11/h6-7,9-10H,8H2,1-3H3,(H,15,18). The van der Waals surface area contributed by atoms with Crippen molar-refractivity contribution in [2.75, 3.05) is 6.54 Å². The van der Waals surface area contributed by atoms with Gasteiger partial charge in [0, 0.05) is 11.8 Å². The maximum absolute atomic E-state index is 11.3. The van der Waals surface area contributed by atoms with E-state index in [9.17, 15) is 9.59 Å². The van der Waals surface area contributed by atoms with Crippen molar-refractivity contribution in [1.82, 2.24) is 10.3 Å². The second kappa shape index (κ2) is 6.55. The molecule has 0 spiro atoms. The molecule has 0 aromatic carbocycles. The van der Waals surface area contributed by atoms with Crippen LogP contribution in [0.2, 0.25) is 0 Å². The molecule has 1 rings (SSSR count). The number of aldehydes is 1. The first-order valence-corrected chi connectivity index (χ1v) is 5.78. The topological polar surface area (TPSA) is 68.3 Å². The number of nitrogens with one attached hydrogen (secondary N) is 1. The van der Waals surface area contributed by atoms with E-state index < -0.39 is 11.7 Å². The van der Waals surface area contributed by atoms with Gasteiger partial charge in [0.2, 0.25) is 0 Å². The summed E-state index contributed by atoms with van der Waals surface area (Å²) < 4.78 is 5.05. The highest BCUT2D eigenvalue weighted by molar-refractivity contribution is 5.71. The Kier molecular flexibility index (Phi) is 5.07. The molecule has 0 saturated heterocycles. The molecule has 0 saturated carbocycles. The lowest BCUT2D eigenvalue weighted by Gasteiger charge is -2.18. The fourth-order valence-electron chi connectivity index (χ4n) is 1.13. The van der Waals surface area contributed by atoms with Gasteiger partial charge in [0.05, 0.1) is 6.54 Å². The van der Waals surface area contributed by atoms with Crippen LogP contribution >= 0.6 is 0 Å². The Labute approximate surface area is 112 Å². The van der Waals surface area contributed by atoms with Gasteiger partial charge in [-0.05, 0) is 32.9 Å². The van der Waals surface area contributed by atoms with Gasteiger partial charge in [0.1, 0.15) is 11.3 Å². The molecule has 5 heteroatoms. The lowest BCUT2D eigenvalue weighted by Crippen LogP contribution is -2.32. The van der Waals surface area contributed by atoms with Gasteiger partial charge in [-0.25, -0.2) is 4.79 Å². The Morgan fingerprint density at radius 3 is 2.74 bits per heavy atom. The van der Waals surface area contributed by atoms with Crippen LogP contribution in [0.3, 0.4) is 0 Å². The van der Waals surface area contributed by atoms with Crippen LogP contribution in [-0.2, 0) is 4.74 Å². The summed E-state index contributed by atoms with van der Waals surface area (Å²) in [6.07, 6.45) is 1.67. The van der Waals surface area contributed by atoms with E-state index in [4.69, 9.17) is 4.74 Å². The van der Waals surface area contributed by atoms with Crippen LogP contribution in [-0.4, -0.2) is 29.5 Å². The molecule has 0 aliphatic rings. The predicted octanol–water partition coefficient (Wildman–Crippen LogP) is 1.77. The van der Waals surface area contributed by atoms with Crippen molar-refractivity contribution in [2.24, 2.45) is 0 Å². The van der Waals surface area contributed by atoms with Crippen LogP contribution in [0.1, 0.15) is 36.8 Å². The Morgan fingerprint density at radius 1 is 1.47 bits per heavy atom. The van der Waals surface area contributed by atoms with E-state index >= 15 is 0 Å². The normalized spacial score (nSPS) is 10.1. The Morgan fingerprint density at radius 2 is 2.21 bits per heavy atom. The van der Waals surface area contributed by atoms with Crippen molar-refractivity contribution in [1.29, 1.82) is 0 Å². The molecule has 0 fully saturated rings. The summed E-state index contributed by atoms with van der Waals surface area (Å²) >= 11 is 0. The number of rotatable bonds is 2. The summed E-state index contributed by atoms with van der Waals surface area (Å²) in [6.45, 7) is 5.56. The first-order chi connectivity index (χ1) is 8.90. The number of carbonyl (C=O) groups excluding carboxylic acids is 2. The van der Waals surface area contributed by atoms with Crippen LogP contribution < -0.4 is 5.32 Å². The summed E-state index contributed by atoms with van der Waals surface area (Å²) in [5.41, 5.74) is 0.514. The van der Waals surface area contributed by atoms with Gasteiger partial charge < -0.3 is 10.1 Å². The smallest absolute Gasteiger partial charge is 0.408 e. The van der Waals surface area contributed by atoms with Crippen LogP contribution in [0.25, 0.3) is 0 Å². The third-order valence-electron chi connectivity index (χ3n) is 1.86. The quantitative estimate of drug-likeness (QED) is 0.650. The van der Waals surface area contributed by atoms with Gasteiger partial charge in [0.25, 0.3) is 0 Å². The summed E-state index contributed by atoms with van der Waals surface area (Å²) in [5.74, 6) is 5.58.